The number of hydrogen-bond acceptors (Lipinski definition) is 3. The SMILES string of the molecule is CC(C)(C)c1ccccc1Oc1ccc(-c2ccccc2C(=O)O)cc1NC(=O)Nc1ccccc1Cl. The second kappa shape index (κ2) is 10.8. The van der Waals surface area contributed by atoms with E-state index < -0.39 is 12.0 Å². The van der Waals surface area contributed by atoms with Gasteiger partial charge in [0.05, 0.1) is 22.0 Å². The third-order valence-electron chi connectivity index (χ3n) is 5.73. The maximum absolute atomic E-state index is 13.0. The summed E-state index contributed by atoms with van der Waals surface area (Å²) in [4.78, 5) is 24.8. The highest BCUT2D eigenvalue weighted by Crippen LogP contribution is 2.39. The molecule has 2 amide bonds. The number of aromatic carboxylic acids is 1. The molecule has 0 atom stereocenters. The van der Waals surface area contributed by atoms with E-state index in [1.165, 1.54) is 0 Å². The Bertz CT molecular complexity index is 1460. The molecule has 0 saturated carbocycles. The summed E-state index contributed by atoms with van der Waals surface area (Å²) in [7, 11) is 0. The molecule has 0 aliphatic heterocycles. The minimum absolute atomic E-state index is 0.153. The number of urea groups is 1. The van der Waals surface area contributed by atoms with Gasteiger partial charge in [0.25, 0.3) is 0 Å². The molecule has 0 aliphatic rings. The largest absolute Gasteiger partial charge is 0.478 e. The average Bonchev–Trinajstić information content (AvgIpc) is 2.86. The van der Waals surface area contributed by atoms with Gasteiger partial charge in [-0.1, -0.05) is 87.0 Å². The summed E-state index contributed by atoms with van der Waals surface area (Å²) >= 11 is 6.20. The van der Waals surface area contributed by atoms with Gasteiger partial charge in [-0.15, -0.1) is 0 Å². The number of para-hydroxylation sites is 2. The van der Waals surface area contributed by atoms with Crippen LogP contribution in [0.1, 0.15) is 36.7 Å². The number of ether oxygens (including phenoxy) is 1. The van der Waals surface area contributed by atoms with Gasteiger partial charge >= 0.3 is 12.0 Å². The molecule has 37 heavy (non-hydrogen) atoms. The summed E-state index contributed by atoms with van der Waals surface area (Å²) < 4.78 is 6.33. The first-order valence-corrected chi connectivity index (χ1v) is 12.1. The van der Waals surface area contributed by atoms with Crippen molar-refractivity contribution >= 4 is 35.0 Å². The molecule has 0 unspecified atom stereocenters. The van der Waals surface area contributed by atoms with Crippen molar-refractivity contribution in [3.63, 3.8) is 0 Å². The van der Waals surface area contributed by atoms with Gasteiger partial charge in [0.2, 0.25) is 0 Å². The van der Waals surface area contributed by atoms with Gasteiger partial charge in [-0.05, 0) is 52.9 Å². The highest BCUT2D eigenvalue weighted by molar-refractivity contribution is 6.33. The van der Waals surface area contributed by atoms with Crippen LogP contribution >= 0.6 is 11.6 Å². The zero-order valence-electron chi connectivity index (χ0n) is 20.7. The Morgan fingerprint density at radius 2 is 1.43 bits per heavy atom. The first-order chi connectivity index (χ1) is 17.6. The molecule has 0 saturated heterocycles. The molecule has 0 radical (unpaired) electrons. The van der Waals surface area contributed by atoms with E-state index in [4.69, 9.17) is 16.3 Å². The normalized spacial score (nSPS) is 11.0. The quantitative estimate of drug-likeness (QED) is 0.241. The zero-order chi connectivity index (χ0) is 26.6. The van der Waals surface area contributed by atoms with E-state index in [0.717, 1.165) is 5.56 Å². The van der Waals surface area contributed by atoms with E-state index in [1.807, 2.05) is 24.3 Å². The predicted octanol–water partition coefficient (Wildman–Crippen LogP) is 8.44. The summed E-state index contributed by atoms with van der Waals surface area (Å²) in [5.74, 6) is 0.0202. The summed E-state index contributed by atoms with van der Waals surface area (Å²) in [6.45, 7) is 6.28. The van der Waals surface area contributed by atoms with Crippen LogP contribution < -0.4 is 15.4 Å². The average molecular weight is 515 g/mol. The smallest absolute Gasteiger partial charge is 0.336 e. The van der Waals surface area contributed by atoms with Crippen LogP contribution in [-0.2, 0) is 5.41 Å². The number of rotatable bonds is 6. The number of amides is 2. The van der Waals surface area contributed by atoms with Crippen molar-refractivity contribution in [2.45, 2.75) is 26.2 Å². The lowest BCUT2D eigenvalue weighted by Gasteiger charge is -2.23. The monoisotopic (exact) mass is 514 g/mol. The number of hydrogen-bond donors (Lipinski definition) is 3. The lowest BCUT2D eigenvalue weighted by atomic mass is 9.86. The van der Waals surface area contributed by atoms with Gasteiger partial charge in [-0.2, -0.15) is 0 Å². The van der Waals surface area contributed by atoms with Crippen LogP contribution in [0.4, 0.5) is 16.2 Å². The Labute approximate surface area is 220 Å². The van der Waals surface area contributed by atoms with Crippen molar-refractivity contribution in [3.8, 4) is 22.6 Å². The number of carboxylic acid groups (broad SMARTS) is 1. The Morgan fingerprint density at radius 3 is 2.16 bits per heavy atom. The van der Waals surface area contributed by atoms with Crippen LogP contribution in [0.15, 0.2) is 91.0 Å². The molecule has 0 heterocycles. The van der Waals surface area contributed by atoms with Crippen molar-refractivity contribution in [2.24, 2.45) is 0 Å². The number of nitrogens with one attached hydrogen (secondary N) is 2. The predicted molar refractivity (Wildman–Crippen MR) is 148 cm³/mol. The molecular formula is C30H27ClN2O4. The maximum atomic E-state index is 13.0. The second-order valence-corrected chi connectivity index (χ2v) is 9.88. The third kappa shape index (κ3) is 6.11. The topological polar surface area (TPSA) is 87.7 Å². The van der Waals surface area contributed by atoms with Crippen LogP contribution in [0.2, 0.25) is 5.02 Å². The van der Waals surface area contributed by atoms with Crippen molar-refractivity contribution in [1.29, 1.82) is 0 Å². The summed E-state index contributed by atoms with van der Waals surface area (Å²) in [6, 6.07) is 26.0. The number of carboxylic acids is 1. The van der Waals surface area contributed by atoms with Gasteiger partial charge in [-0.25, -0.2) is 9.59 Å². The number of halogens is 1. The summed E-state index contributed by atoms with van der Waals surface area (Å²) in [5.41, 5.74) is 2.93. The third-order valence-corrected chi connectivity index (χ3v) is 6.06. The minimum atomic E-state index is -1.04. The zero-order valence-corrected chi connectivity index (χ0v) is 21.5. The Kier molecular flexibility index (Phi) is 7.50. The molecule has 7 heteroatoms. The van der Waals surface area contributed by atoms with Gasteiger partial charge in [0.1, 0.15) is 5.75 Å². The van der Waals surface area contributed by atoms with E-state index in [9.17, 15) is 14.7 Å². The Balaban J connectivity index is 1.75. The van der Waals surface area contributed by atoms with Crippen LogP contribution in [0.25, 0.3) is 11.1 Å². The molecule has 0 bridgehead atoms. The van der Waals surface area contributed by atoms with Crippen molar-refractivity contribution in [3.05, 3.63) is 107 Å². The van der Waals surface area contributed by atoms with Crippen molar-refractivity contribution < 1.29 is 19.4 Å². The molecule has 4 aromatic carbocycles. The van der Waals surface area contributed by atoms with Crippen LogP contribution in [0.5, 0.6) is 11.5 Å². The first-order valence-electron chi connectivity index (χ1n) is 11.7. The summed E-state index contributed by atoms with van der Waals surface area (Å²) in [5, 5.41) is 15.7. The van der Waals surface area contributed by atoms with Gasteiger partial charge in [-0.3, -0.25) is 0 Å². The molecule has 4 aromatic rings. The fourth-order valence-corrected chi connectivity index (χ4v) is 4.12. The molecule has 188 valence electrons. The van der Waals surface area contributed by atoms with Crippen LogP contribution in [-0.4, -0.2) is 17.1 Å². The Hall–Kier alpha value is -4.29. The molecule has 4 rings (SSSR count). The minimum Gasteiger partial charge on any atom is -0.478 e. The molecule has 6 nitrogen and oxygen atoms in total. The van der Waals surface area contributed by atoms with Gasteiger partial charge in [0.15, 0.2) is 5.75 Å². The lowest BCUT2D eigenvalue weighted by molar-refractivity contribution is 0.0697. The number of carbonyl (C=O) groups excluding carboxylic acids is 1. The van der Waals surface area contributed by atoms with Crippen LogP contribution in [0, 0.1) is 0 Å². The standard InChI is InChI=1S/C30H27ClN2O4/c1-30(2,3)22-12-6-9-15-26(22)37-27-17-16-19(20-10-4-5-11-21(20)28(34)35)18-25(27)33-29(36)32-24-14-8-7-13-23(24)31/h4-18H,1-3H3,(H,34,35)(H2,32,33,36). The number of anilines is 2. The number of benzene rings is 4. The lowest BCUT2D eigenvalue weighted by Crippen LogP contribution is -2.20. The van der Waals surface area contributed by atoms with E-state index in [1.54, 1.807) is 66.7 Å². The Morgan fingerprint density at radius 1 is 0.784 bits per heavy atom. The fraction of sp³-hybridized carbons (Fsp3) is 0.133. The maximum Gasteiger partial charge on any atom is 0.336 e. The summed E-state index contributed by atoms with van der Waals surface area (Å²) in [6.07, 6.45) is 0. The number of carbonyl (C=O) groups is 2. The first kappa shape index (κ1) is 25.8. The second-order valence-electron chi connectivity index (χ2n) is 9.47. The highest BCUT2D eigenvalue weighted by atomic mass is 35.5. The van der Waals surface area contributed by atoms with E-state index in [0.29, 0.717) is 39.0 Å². The van der Waals surface area contributed by atoms with Gasteiger partial charge < -0.3 is 20.5 Å². The molecule has 0 aliphatic carbocycles. The van der Waals surface area contributed by atoms with E-state index in [2.05, 4.69) is 31.4 Å². The fourth-order valence-electron chi connectivity index (χ4n) is 3.94. The van der Waals surface area contributed by atoms with Gasteiger partial charge in [0, 0.05) is 5.56 Å². The highest BCUT2D eigenvalue weighted by Gasteiger charge is 2.21. The molecule has 0 aromatic heterocycles. The van der Waals surface area contributed by atoms with Crippen molar-refractivity contribution in [2.75, 3.05) is 10.6 Å². The molecular weight excluding hydrogens is 488 g/mol. The molecule has 3 N–H and O–H groups in total. The van der Waals surface area contributed by atoms with Crippen molar-refractivity contribution in [1.82, 2.24) is 0 Å². The molecule has 0 spiro atoms. The van der Waals surface area contributed by atoms with E-state index >= 15 is 0 Å². The van der Waals surface area contributed by atoms with Crippen LogP contribution in [0.3, 0.4) is 0 Å². The van der Waals surface area contributed by atoms with E-state index in [-0.39, 0.29) is 11.0 Å². The molecule has 0 fully saturated rings.